The molecular formula is C21H20N2O3. The molecule has 1 aliphatic heterocycles. The van der Waals surface area contributed by atoms with E-state index in [0.717, 1.165) is 34.1 Å². The number of fused-ring (bicyclic) bond motifs is 1. The van der Waals surface area contributed by atoms with Gasteiger partial charge in [0.25, 0.3) is 0 Å². The van der Waals surface area contributed by atoms with E-state index in [2.05, 4.69) is 9.88 Å². The van der Waals surface area contributed by atoms with Crippen molar-refractivity contribution in [1.82, 2.24) is 4.57 Å². The minimum Gasteiger partial charge on any atom is -0.454 e. The van der Waals surface area contributed by atoms with Crippen molar-refractivity contribution in [1.29, 1.82) is 0 Å². The summed E-state index contributed by atoms with van der Waals surface area (Å²) in [6.45, 7) is 4.46. The number of benzene rings is 2. The fourth-order valence-electron chi connectivity index (χ4n) is 3.30. The van der Waals surface area contributed by atoms with E-state index in [-0.39, 0.29) is 19.1 Å². The maximum Gasteiger partial charge on any atom is 0.231 e. The molecule has 5 nitrogen and oxygen atoms in total. The summed E-state index contributed by atoms with van der Waals surface area (Å²) in [7, 11) is 0. The van der Waals surface area contributed by atoms with Gasteiger partial charge < -0.3 is 19.4 Å². The van der Waals surface area contributed by atoms with Gasteiger partial charge >= 0.3 is 0 Å². The highest BCUT2D eigenvalue weighted by Gasteiger charge is 2.17. The summed E-state index contributed by atoms with van der Waals surface area (Å²) in [5, 5.41) is 3.17. The summed E-state index contributed by atoms with van der Waals surface area (Å²) in [6, 6.07) is 17.6. The van der Waals surface area contributed by atoms with Crippen molar-refractivity contribution in [3.63, 3.8) is 0 Å². The molecule has 0 radical (unpaired) electrons. The average Bonchev–Trinajstić information content (AvgIpc) is 3.24. The first-order valence-electron chi connectivity index (χ1n) is 8.54. The number of anilines is 1. The van der Waals surface area contributed by atoms with E-state index < -0.39 is 0 Å². The van der Waals surface area contributed by atoms with E-state index in [1.165, 1.54) is 0 Å². The second kappa shape index (κ2) is 6.59. The molecule has 2 heterocycles. The van der Waals surface area contributed by atoms with Crippen molar-refractivity contribution in [2.45, 2.75) is 13.8 Å². The van der Waals surface area contributed by atoms with Crippen molar-refractivity contribution in [2.75, 3.05) is 18.7 Å². The molecule has 5 heteroatoms. The number of nitrogens with zero attached hydrogens (tertiary/aromatic N) is 1. The number of para-hydroxylation sites is 1. The Bertz CT molecular complexity index is 961. The smallest absolute Gasteiger partial charge is 0.231 e. The average molecular weight is 348 g/mol. The van der Waals surface area contributed by atoms with Gasteiger partial charge in [0.2, 0.25) is 6.79 Å². The van der Waals surface area contributed by atoms with Crippen LogP contribution in [0.4, 0.5) is 5.69 Å². The van der Waals surface area contributed by atoms with Crippen LogP contribution in [-0.2, 0) is 0 Å². The molecule has 0 saturated heterocycles. The van der Waals surface area contributed by atoms with Crippen LogP contribution in [0.15, 0.2) is 54.6 Å². The summed E-state index contributed by atoms with van der Waals surface area (Å²) in [5.74, 6) is 1.48. The SMILES string of the molecule is Cc1cc(C(=O)CNc2ccc3c(c2)OCO3)c(C)n1-c1ccccc1. The first-order chi connectivity index (χ1) is 12.6. The molecule has 0 aliphatic carbocycles. The normalized spacial score (nSPS) is 12.2. The van der Waals surface area contributed by atoms with Crippen LogP contribution in [0.5, 0.6) is 11.5 Å². The molecule has 0 spiro atoms. The standard InChI is InChI=1S/C21H20N2O3/c1-14-10-18(15(2)23(14)17-6-4-3-5-7-17)19(24)12-22-16-8-9-20-21(11-16)26-13-25-20/h3-11,22H,12-13H2,1-2H3. The van der Waals surface area contributed by atoms with Gasteiger partial charge in [-0.3, -0.25) is 4.79 Å². The molecule has 0 unspecified atom stereocenters. The van der Waals surface area contributed by atoms with Crippen LogP contribution < -0.4 is 14.8 Å². The first kappa shape index (κ1) is 16.3. The Morgan fingerprint density at radius 1 is 1.04 bits per heavy atom. The van der Waals surface area contributed by atoms with E-state index in [1.807, 2.05) is 68.4 Å². The fourth-order valence-corrected chi connectivity index (χ4v) is 3.30. The van der Waals surface area contributed by atoms with Gasteiger partial charge in [-0.15, -0.1) is 0 Å². The summed E-state index contributed by atoms with van der Waals surface area (Å²) in [6.07, 6.45) is 0. The maximum atomic E-state index is 12.7. The summed E-state index contributed by atoms with van der Waals surface area (Å²) in [4.78, 5) is 12.7. The molecule has 0 amide bonds. The van der Waals surface area contributed by atoms with Crippen LogP contribution in [0.1, 0.15) is 21.7 Å². The van der Waals surface area contributed by atoms with Gasteiger partial charge in [-0.1, -0.05) is 18.2 Å². The maximum absolute atomic E-state index is 12.7. The van der Waals surface area contributed by atoms with Crippen molar-refractivity contribution >= 4 is 11.5 Å². The van der Waals surface area contributed by atoms with Crippen LogP contribution in [0, 0.1) is 13.8 Å². The first-order valence-corrected chi connectivity index (χ1v) is 8.54. The van der Waals surface area contributed by atoms with Crippen molar-refractivity contribution in [3.05, 3.63) is 71.5 Å². The predicted molar refractivity (Wildman–Crippen MR) is 101 cm³/mol. The van der Waals surface area contributed by atoms with Crippen LogP contribution in [0.3, 0.4) is 0 Å². The number of carbonyl (C=O) groups excluding carboxylic acids is 1. The molecule has 0 atom stereocenters. The molecule has 2 aromatic carbocycles. The monoisotopic (exact) mass is 348 g/mol. The number of nitrogens with one attached hydrogen (secondary N) is 1. The fraction of sp³-hybridized carbons (Fsp3) is 0.190. The molecule has 1 aliphatic rings. The molecular weight excluding hydrogens is 328 g/mol. The zero-order valence-corrected chi connectivity index (χ0v) is 14.8. The Kier molecular flexibility index (Phi) is 4.13. The third-order valence-electron chi connectivity index (χ3n) is 4.57. The number of hydrogen-bond acceptors (Lipinski definition) is 4. The summed E-state index contributed by atoms with van der Waals surface area (Å²) < 4.78 is 12.8. The molecule has 132 valence electrons. The van der Waals surface area contributed by atoms with E-state index in [1.54, 1.807) is 0 Å². The third-order valence-corrected chi connectivity index (χ3v) is 4.57. The lowest BCUT2D eigenvalue weighted by Gasteiger charge is -2.10. The van der Waals surface area contributed by atoms with Gasteiger partial charge in [0.15, 0.2) is 17.3 Å². The lowest BCUT2D eigenvalue weighted by Crippen LogP contribution is -2.14. The molecule has 1 N–H and O–H groups in total. The zero-order valence-electron chi connectivity index (χ0n) is 14.8. The van der Waals surface area contributed by atoms with Gasteiger partial charge in [0, 0.05) is 34.4 Å². The van der Waals surface area contributed by atoms with E-state index >= 15 is 0 Å². The minimum absolute atomic E-state index is 0.0537. The van der Waals surface area contributed by atoms with Crippen molar-refractivity contribution in [3.8, 4) is 17.2 Å². The Balaban J connectivity index is 1.52. The van der Waals surface area contributed by atoms with Crippen LogP contribution in [-0.4, -0.2) is 23.7 Å². The molecule has 0 bridgehead atoms. The second-order valence-corrected chi connectivity index (χ2v) is 6.30. The lowest BCUT2D eigenvalue weighted by molar-refractivity contribution is 0.101. The van der Waals surface area contributed by atoms with Crippen molar-refractivity contribution < 1.29 is 14.3 Å². The van der Waals surface area contributed by atoms with Gasteiger partial charge in [-0.2, -0.15) is 0 Å². The Hall–Kier alpha value is -3.21. The van der Waals surface area contributed by atoms with E-state index in [0.29, 0.717) is 5.75 Å². The topological polar surface area (TPSA) is 52.5 Å². The van der Waals surface area contributed by atoms with Crippen LogP contribution >= 0.6 is 0 Å². The number of rotatable bonds is 5. The highest BCUT2D eigenvalue weighted by atomic mass is 16.7. The number of ketones is 1. The number of carbonyl (C=O) groups is 1. The minimum atomic E-state index is 0.0537. The van der Waals surface area contributed by atoms with Gasteiger partial charge in [-0.25, -0.2) is 0 Å². The number of aryl methyl sites for hydroxylation is 1. The van der Waals surface area contributed by atoms with E-state index in [9.17, 15) is 4.79 Å². The van der Waals surface area contributed by atoms with Gasteiger partial charge in [0.05, 0.1) is 6.54 Å². The second-order valence-electron chi connectivity index (χ2n) is 6.30. The molecule has 1 aromatic heterocycles. The highest BCUT2D eigenvalue weighted by Crippen LogP contribution is 2.34. The largest absolute Gasteiger partial charge is 0.454 e. The predicted octanol–water partition coefficient (Wildman–Crippen LogP) is 4.12. The van der Waals surface area contributed by atoms with Crippen LogP contribution in [0.25, 0.3) is 5.69 Å². The number of Topliss-reactive ketones (excluding diaryl/α,β-unsaturated/α-hetero) is 1. The zero-order chi connectivity index (χ0) is 18.1. The molecule has 0 fully saturated rings. The molecule has 26 heavy (non-hydrogen) atoms. The highest BCUT2D eigenvalue weighted by molar-refractivity contribution is 6.00. The molecule has 3 aromatic rings. The Labute approximate surface area is 152 Å². The lowest BCUT2D eigenvalue weighted by atomic mass is 10.1. The third kappa shape index (κ3) is 2.92. The summed E-state index contributed by atoms with van der Waals surface area (Å²) in [5.41, 5.74) is 4.62. The molecule has 0 saturated carbocycles. The number of ether oxygens (including phenoxy) is 2. The Morgan fingerprint density at radius 2 is 1.81 bits per heavy atom. The van der Waals surface area contributed by atoms with E-state index in [4.69, 9.17) is 9.47 Å². The number of aromatic nitrogens is 1. The van der Waals surface area contributed by atoms with Gasteiger partial charge in [-0.05, 0) is 44.2 Å². The summed E-state index contributed by atoms with van der Waals surface area (Å²) >= 11 is 0. The van der Waals surface area contributed by atoms with Crippen LogP contribution in [0.2, 0.25) is 0 Å². The Morgan fingerprint density at radius 3 is 2.62 bits per heavy atom. The van der Waals surface area contributed by atoms with Crippen molar-refractivity contribution in [2.24, 2.45) is 0 Å². The quantitative estimate of drug-likeness (QED) is 0.705. The van der Waals surface area contributed by atoms with Gasteiger partial charge in [0.1, 0.15) is 0 Å². The number of hydrogen-bond donors (Lipinski definition) is 1. The molecule has 4 rings (SSSR count).